The van der Waals surface area contributed by atoms with Gasteiger partial charge in [0.2, 0.25) is 0 Å². The van der Waals surface area contributed by atoms with Crippen LogP contribution in [0.15, 0.2) is 41.4 Å². The first-order valence-corrected chi connectivity index (χ1v) is 9.67. The Hall–Kier alpha value is -3.11. The van der Waals surface area contributed by atoms with Crippen LogP contribution in [-0.4, -0.2) is 29.9 Å². The second-order valence-electron chi connectivity index (χ2n) is 7.91. The zero-order chi connectivity index (χ0) is 20.2. The van der Waals surface area contributed by atoms with E-state index in [9.17, 15) is 14.8 Å². The molecule has 0 saturated heterocycles. The van der Waals surface area contributed by atoms with E-state index in [0.717, 1.165) is 12.0 Å². The predicted octanol–water partition coefficient (Wildman–Crippen LogP) is 2.83. The Kier molecular flexibility index (Phi) is 4.00. The minimum Gasteiger partial charge on any atom is -0.490 e. The molecule has 1 spiro atoms. The Morgan fingerprint density at radius 2 is 2.10 bits per heavy atom. The summed E-state index contributed by atoms with van der Waals surface area (Å²) < 4.78 is 26.3. The Morgan fingerprint density at radius 3 is 2.86 bits per heavy atom. The standard InChI is InChI=1S/C22H20FN3O3/c23-18-4-1-12(10-24)7-15(18)13-2-5-19-16(8-13)22(11-28-21(25)26-22)17-9-14(27)3-6-20(17)29-19/h1-2,4-5,7-8,14,17,20,27H,3,6,9,11H2,(H2,25,26)/t14-,17-,20-,22?/m0/s1. The van der Waals surface area contributed by atoms with E-state index in [0.29, 0.717) is 35.3 Å². The minimum absolute atomic E-state index is 0.0892. The third kappa shape index (κ3) is 2.75. The van der Waals surface area contributed by atoms with E-state index >= 15 is 0 Å². The number of fused-ring (bicyclic) bond motifs is 4. The molecule has 4 atom stereocenters. The van der Waals surface area contributed by atoms with Crippen LogP contribution in [0.25, 0.3) is 11.1 Å². The summed E-state index contributed by atoms with van der Waals surface area (Å²) in [4.78, 5) is 4.67. The molecule has 0 amide bonds. The zero-order valence-corrected chi connectivity index (χ0v) is 15.6. The van der Waals surface area contributed by atoms with Crippen LogP contribution in [0.3, 0.4) is 0 Å². The largest absolute Gasteiger partial charge is 0.490 e. The molecule has 1 fully saturated rings. The summed E-state index contributed by atoms with van der Waals surface area (Å²) in [5.41, 5.74) is 7.23. The molecule has 2 aromatic rings. The maximum atomic E-state index is 14.5. The van der Waals surface area contributed by atoms with Crippen molar-refractivity contribution in [3.63, 3.8) is 0 Å². The minimum atomic E-state index is -0.775. The molecule has 5 rings (SSSR count). The second-order valence-corrected chi connectivity index (χ2v) is 7.91. The first-order valence-electron chi connectivity index (χ1n) is 9.67. The maximum Gasteiger partial charge on any atom is 0.283 e. The number of amidine groups is 1. The van der Waals surface area contributed by atoms with E-state index in [2.05, 4.69) is 4.99 Å². The average Bonchev–Trinajstić information content (AvgIpc) is 3.11. The third-order valence-electron chi connectivity index (χ3n) is 6.25. The molecule has 2 aromatic carbocycles. The highest BCUT2D eigenvalue weighted by Crippen LogP contribution is 2.53. The smallest absolute Gasteiger partial charge is 0.283 e. The lowest BCUT2D eigenvalue weighted by molar-refractivity contribution is -0.0359. The lowest BCUT2D eigenvalue weighted by atomic mass is 9.67. The normalized spacial score (nSPS) is 29.8. The number of aliphatic imine (C=N–C) groups is 1. The summed E-state index contributed by atoms with van der Waals surface area (Å²) >= 11 is 0. The number of nitrogens with two attached hydrogens (primary N) is 1. The number of aliphatic hydroxyl groups excluding tert-OH is 1. The number of ether oxygens (including phenoxy) is 2. The molecule has 2 heterocycles. The van der Waals surface area contributed by atoms with Crippen LogP contribution in [0.1, 0.15) is 30.4 Å². The number of hydrogen-bond donors (Lipinski definition) is 2. The van der Waals surface area contributed by atoms with Crippen LogP contribution in [0.2, 0.25) is 0 Å². The molecule has 0 aromatic heterocycles. The zero-order valence-electron chi connectivity index (χ0n) is 15.6. The Morgan fingerprint density at radius 1 is 1.24 bits per heavy atom. The topological polar surface area (TPSA) is 101 Å². The van der Waals surface area contributed by atoms with Crippen molar-refractivity contribution in [3.05, 3.63) is 53.3 Å². The molecule has 2 aliphatic heterocycles. The van der Waals surface area contributed by atoms with Crippen molar-refractivity contribution < 1.29 is 19.0 Å². The molecular weight excluding hydrogens is 373 g/mol. The van der Waals surface area contributed by atoms with Gasteiger partial charge in [0.05, 0.1) is 17.7 Å². The van der Waals surface area contributed by atoms with Gasteiger partial charge in [-0.05, 0) is 55.2 Å². The molecule has 1 unspecified atom stereocenters. The van der Waals surface area contributed by atoms with Crippen LogP contribution in [0, 0.1) is 23.1 Å². The number of nitriles is 1. The fourth-order valence-corrected chi connectivity index (χ4v) is 4.85. The number of hydrogen-bond acceptors (Lipinski definition) is 6. The van der Waals surface area contributed by atoms with Crippen LogP contribution in [-0.2, 0) is 10.3 Å². The van der Waals surface area contributed by atoms with Crippen molar-refractivity contribution in [2.45, 2.75) is 37.0 Å². The lowest BCUT2D eigenvalue weighted by Gasteiger charge is -2.47. The molecule has 1 saturated carbocycles. The van der Waals surface area contributed by atoms with Gasteiger partial charge in [-0.1, -0.05) is 6.07 Å². The fraction of sp³-hybridized carbons (Fsp3) is 0.364. The molecule has 0 bridgehead atoms. The Bertz CT molecular complexity index is 1060. The van der Waals surface area contributed by atoms with E-state index in [1.165, 1.54) is 18.2 Å². The second kappa shape index (κ2) is 6.46. The van der Waals surface area contributed by atoms with E-state index in [1.807, 2.05) is 18.2 Å². The van der Waals surface area contributed by atoms with Crippen LogP contribution in [0.5, 0.6) is 5.75 Å². The summed E-state index contributed by atoms with van der Waals surface area (Å²) in [6.45, 7) is 0.257. The number of halogens is 1. The maximum absolute atomic E-state index is 14.5. The number of rotatable bonds is 1. The molecule has 1 aliphatic carbocycles. The predicted molar refractivity (Wildman–Crippen MR) is 104 cm³/mol. The monoisotopic (exact) mass is 393 g/mol. The van der Waals surface area contributed by atoms with E-state index in [1.54, 1.807) is 6.07 Å². The fourth-order valence-electron chi connectivity index (χ4n) is 4.85. The number of benzene rings is 2. The van der Waals surface area contributed by atoms with Gasteiger partial charge < -0.3 is 20.3 Å². The molecule has 148 valence electrons. The summed E-state index contributed by atoms with van der Waals surface area (Å²) in [6.07, 6.45) is 1.42. The van der Waals surface area contributed by atoms with Crippen molar-refractivity contribution in [3.8, 4) is 22.9 Å². The van der Waals surface area contributed by atoms with E-state index in [-0.39, 0.29) is 24.7 Å². The first kappa shape index (κ1) is 18.0. The molecule has 0 radical (unpaired) electrons. The van der Waals surface area contributed by atoms with Gasteiger partial charge in [-0.3, -0.25) is 0 Å². The average molecular weight is 393 g/mol. The van der Waals surface area contributed by atoms with Gasteiger partial charge in [-0.2, -0.15) is 5.26 Å². The SMILES string of the molecule is N#Cc1ccc(F)c(-c2ccc3c(c2)C2(COC(N)=N2)[C@H]2C[C@@H](O)CC[C@@H]2O3)c1. The van der Waals surface area contributed by atoms with Crippen molar-refractivity contribution in [1.29, 1.82) is 5.26 Å². The van der Waals surface area contributed by atoms with Crippen LogP contribution in [0.4, 0.5) is 4.39 Å². The van der Waals surface area contributed by atoms with Gasteiger partial charge in [0.15, 0.2) is 0 Å². The third-order valence-corrected chi connectivity index (χ3v) is 6.25. The summed E-state index contributed by atoms with van der Waals surface area (Å²) in [6, 6.07) is 11.9. The quantitative estimate of drug-likeness (QED) is 0.776. The number of nitrogens with zero attached hydrogens (tertiary/aromatic N) is 2. The highest BCUT2D eigenvalue weighted by Gasteiger charge is 2.55. The lowest BCUT2D eigenvalue weighted by Crippen LogP contribution is -2.51. The van der Waals surface area contributed by atoms with Crippen molar-refractivity contribution in [2.24, 2.45) is 16.6 Å². The van der Waals surface area contributed by atoms with Crippen molar-refractivity contribution >= 4 is 6.02 Å². The molecule has 3 aliphatic rings. The highest BCUT2D eigenvalue weighted by molar-refractivity contribution is 5.76. The Balaban J connectivity index is 1.68. The van der Waals surface area contributed by atoms with E-state index in [4.69, 9.17) is 15.2 Å². The van der Waals surface area contributed by atoms with Crippen molar-refractivity contribution in [1.82, 2.24) is 0 Å². The van der Waals surface area contributed by atoms with Crippen molar-refractivity contribution in [2.75, 3.05) is 6.61 Å². The Labute approximate surface area is 167 Å². The highest BCUT2D eigenvalue weighted by atomic mass is 19.1. The first-order chi connectivity index (χ1) is 14.0. The van der Waals surface area contributed by atoms with Gasteiger partial charge in [0, 0.05) is 17.0 Å². The van der Waals surface area contributed by atoms with Gasteiger partial charge in [0.25, 0.3) is 6.02 Å². The van der Waals surface area contributed by atoms with Crippen LogP contribution < -0.4 is 10.5 Å². The van der Waals surface area contributed by atoms with Gasteiger partial charge in [-0.15, -0.1) is 0 Å². The summed E-state index contributed by atoms with van der Waals surface area (Å²) in [7, 11) is 0. The van der Waals surface area contributed by atoms with Gasteiger partial charge >= 0.3 is 0 Å². The molecule has 3 N–H and O–H groups in total. The summed E-state index contributed by atoms with van der Waals surface area (Å²) in [5.74, 6) is 0.169. The molecule has 29 heavy (non-hydrogen) atoms. The van der Waals surface area contributed by atoms with Crippen LogP contribution >= 0.6 is 0 Å². The molecule has 6 nitrogen and oxygen atoms in total. The molecule has 7 heteroatoms. The number of aliphatic hydroxyl groups is 1. The van der Waals surface area contributed by atoms with Gasteiger partial charge in [-0.25, -0.2) is 9.38 Å². The molecular formula is C22H20FN3O3. The summed E-state index contributed by atoms with van der Waals surface area (Å²) in [5, 5.41) is 19.5. The van der Waals surface area contributed by atoms with Gasteiger partial charge in [0.1, 0.15) is 29.8 Å². The van der Waals surface area contributed by atoms with E-state index < -0.39 is 17.5 Å².